The average Bonchev–Trinajstić information content (AvgIpc) is 3.19. The van der Waals surface area contributed by atoms with Crippen LogP contribution in [-0.2, 0) is 33.5 Å². The molecule has 1 atom stereocenters. The summed E-state index contributed by atoms with van der Waals surface area (Å²) in [5.41, 5.74) is -0.156. The van der Waals surface area contributed by atoms with E-state index in [0.717, 1.165) is 18.7 Å². The maximum Gasteiger partial charge on any atom is 0.418 e. The highest BCUT2D eigenvalue weighted by atomic mass is 19.4. The number of nitrogens with zero attached hydrogens (tertiary/aromatic N) is 1. The first-order valence-corrected chi connectivity index (χ1v) is 8.86. The Kier molecular flexibility index (Phi) is 6.24. The van der Waals surface area contributed by atoms with Crippen molar-refractivity contribution in [2.24, 2.45) is 0 Å². The molecule has 0 saturated heterocycles. The molecule has 1 aromatic heterocycles. The number of aromatic nitrogens is 2. The highest BCUT2D eigenvalue weighted by Gasteiger charge is 2.34. The van der Waals surface area contributed by atoms with E-state index in [-0.39, 0.29) is 29.5 Å². The number of amides is 1. The largest absolute Gasteiger partial charge is 0.467 e. The van der Waals surface area contributed by atoms with Gasteiger partial charge >= 0.3 is 18.2 Å². The van der Waals surface area contributed by atoms with Crippen LogP contribution in [0.3, 0.4) is 0 Å². The molecule has 3 aromatic rings. The minimum absolute atomic E-state index is 0.0280. The van der Waals surface area contributed by atoms with Gasteiger partial charge in [0.05, 0.1) is 24.4 Å². The summed E-state index contributed by atoms with van der Waals surface area (Å²) in [5.74, 6) is -0.812. The highest BCUT2D eigenvalue weighted by Crippen LogP contribution is 2.35. The number of hydrogen-bond acceptors (Lipinski definition) is 5. The number of ether oxygens (including phenoxy) is 2. The van der Waals surface area contributed by atoms with Gasteiger partial charge in [-0.05, 0) is 23.3 Å². The lowest BCUT2D eigenvalue weighted by molar-refractivity contribution is -0.143. The van der Waals surface area contributed by atoms with E-state index in [1.807, 2.05) is 6.07 Å². The van der Waals surface area contributed by atoms with Gasteiger partial charge in [-0.3, -0.25) is 5.10 Å². The van der Waals surface area contributed by atoms with Crippen LogP contribution in [0.2, 0.25) is 0 Å². The van der Waals surface area contributed by atoms with Crippen LogP contribution in [0.15, 0.2) is 48.7 Å². The molecule has 0 fully saturated rings. The molecular weight excluding hydrogens is 403 g/mol. The third kappa shape index (κ3) is 5.07. The third-order valence-electron chi connectivity index (χ3n) is 4.34. The summed E-state index contributed by atoms with van der Waals surface area (Å²) in [6.07, 6.45) is -4.49. The fraction of sp³-hybridized carbons (Fsp3) is 0.250. The van der Waals surface area contributed by atoms with E-state index < -0.39 is 29.8 Å². The van der Waals surface area contributed by atoms with Gasteiger partial charge in [0.1, 0.15) is 12.6 Å². The van der Waals surface area contributed by atoms with Gasteiger partial charge in [0.2, 0.25) is 0 Å². The molecule has 0 radical (unpaired) electrons. The van der Waals surface area contributed by atoms with Gasteiger partial charge in [0.15, 0.2) is 0 Å². The van der Waals surface area contributed by atoms with Gasteiger partial charge in [-0.1, -0.05) is 30.3 Å². The number of halogens is 3. The van der Waals surface area contributed by atoms with Crippen molar-refractivity contribution in [2.45, 2.75) is 25.2 Å². The Morgan fingerprint density at radius 3 is 2.57 bits per heavy atom. The Labute approximate surface area is 169 Å². The number of alkyl carbamates (subject to hydrolysis) is 1. The van der Waals surface area contributed by atoms with Gasteiger partial charge < -0.3 is 14.8 Å². The molecule has 0 spiro atoms. The molecule has 0 aliphatic rings. The molecule has 7 nitrogen and oxygen atoms in total. The zero-order valence-corrected chi connectivity index (χ0v) is 15.8. The Bertz CT molecular complexity index is 1030. The number of hydrogen-bond donors (Lipinski definition) is 2. The van der Waals surface area contributed by atoms with Crippen LogP contribution < -0.4 is 5.32 Å². The summed E-state index contributed by atoms with van der Waals surface area (Å²) < 4.78 is 49.9. The molecule has 0 unspecified atom stereocenters. The van der Waals surface area contributed by atoms with Gasteiger partial charge in [-0.2, -0.15) is 18.3 Å². The van der Waals surface area contributed by atoms with E-state index in [2.05, 4.69) is 20.3 Å². The topological polar surface area (TPSA) is 93.3 Å². The van der Waals surface area contributed by atoms with Gasteiger partial charge in [-0.25, -0.2) is 9.59 Å². The number of methoxy groups -OCH3 is 1. The molecule has 0 aliphatic heterocycles. The number of aromatic amines is 1. The number of carbonyl (C=O) groups is 2. The summed E-state index contributed by atoms with van der Waals surface area (Å²) in [5, 5.41) is 8.54. The summed E-state index contributed by atoms with van der Waals surface area (Å²) in [6.45, 7) is -0.0280. The first-order valence-electron chi connectivity index (χ1n) is 8.86. The predicted molar refractivity (Wildman–Crippen MR) is 100 cm³/mol. The standard InChI is InChI=1S/C20H18F3N3O4/c1-29-18(27)16(25-19(28)30-11-12-5-3-2-4-6-12)9-13-7-14-10-24-26-17(14)15(8-13)20(21,22)23/h2-8,10,16H,9,11H2,1H3,(H,24,26)(H,25,28)/t16-/m1/s1. The Morgan fingerprint density at radius 1 is 1.17 bits per heavy atom. The van der Waals surface area contributed by atoms with Crippen LogP contribution in [0, 0.1) is 0 Å². The lowest BCUT2D eigenvalue weighted by atomic mass is 10.0. The van der Waals surface area contributed by atoms with Crippen LogP contribution in [0.5, 0.6) is 0 Å². The van der Waals surface area contributed by atoms with Crippen molar-refractivity contribution < 1.29 is 32.2 Å². The normalized spacial score (nSPS) is 12.4. The molecule has 10 heteroatoms. The van der Waals surface area contributed by atoms with Crippen molar-refractivity contribution >= 4 is 23.0 Å². The number of rotatable bonds is 6. The van der Waals surface area contributed by atoms with Crippen molar-refractivity contribution in [3.8, 4) is 0 Å². The molecule has 3 rings (SSSR count). The minimum Gasteiger partial charge on any atom is -0.467 e. The first-order chi connectivity index (χ1) is 14.3. The van der Waals surface area contributed by atoms with Crippen LogP contribution in [0.25, 0.3) is 10.9 Å². The van der Waals surface area contributed by atoms with Crippen LogP contribution in [0.1, 0.15) is 16.7 Å². The van der Waals surface area contributed by atoms with Gasteiger partial charge in [0, 0.05) is 11.8 Å². The monoisotopic (exact) mass is 421 g/mol. The molecule has 30 heavy (non-hydrogen) atoms. The molecule has 1 amide bonds. The van der Waals surface area contributed by atoms with E-state index >= 15 is 0 Å². The molecule has 2 N–H and O–H groups in total. The second-order valence-corrected chi connectivity index (χ2v) is 6.46. The van der Waals surface area contributed by atoms with E-state index in [0.29, 0.717) is 0 Å². The first kappa shape index (κ1) is 21.2. The predicted octanol–water partition coefficient (Wildman–Crippen LogP) is 3.59. The van der Waals surface area contributed by atoms with E-state index in [4.69, 9.17) is 4.74 Å². The van der Waals surface area contributed by atoms with Crippen molar-refractivity contribution in [2.75, 3.05) is 7.11 Å². The molecule has 0 aliphatic carbocycles. The third-order valence-corrected chi connectivity index (χ3v) is 4.34. The second kappa shape index (κ2) is 8.85. The Balaban J connectivity index is 1.76. The summed E-state index contributed by atoms with van der Waals surface area (Å²) in [7, 11) is 1.12. The van der Waals surface area contributed by atoms with E-state index in [1.54, 1.807) is 24.3 Å². The Hall–Kier alpha value is -3.56. The molecule has 0 saturated carbocycles. The van der Waals surface area contributed by atoms with Gasteiger partial charge in [-0.15, -0.1) is 0 Å². The number of esters is 1. The van der Waals surface area contributed by atoms with Gasteiger partial charge in [0.25, 0.3) is 0 Å². The molecular formula is C20H18F3N3O4. The number of alkyl halides is 3. The highest BCUT2D eigenvalue weighted by molar-refractivity contribution is 5.84. The molecule has 158 valence electrons. The number of nitrogens with one attached hydrogen (secondary N) is 2. The van der Waals surface area contributed by atoms with Crippen molar-refractivity contribution in [3.63, 3.8) is 0 Å². The summed E-state index contributed by atoms with van der Waals surface area (Å²) in [6, 6.07) is 10.0. The quantitative estimate of drug-likeness (QED) is 0.594. The van der Waals surface area contributed by atoms with Crippen molar-refractivity contribution in [1.82, 2.24) is 15.5 Å². The fourth-order valence-electron chi connectivity index (χ4n) is 2.94. The lowest BCUT2D eigenvalue weighted by Gasteiger charge is -2.18. The zero-order chi connectivity index (χ0) is 21.7. The van der Waals surface area contributed by atoms with Crippen LogP contribution in [0.4, 0.5) is 18.0 Å². The number of carbonyl (C=O) groups excluding carboxylic acids is 2. The minimum atomic E-state index is -4.62. The van der Waals surface area contributed by atoms with E-state index in [1.165, 1.54) is 12.3 Å². The number of fused-ring (bicyclic) bond motifs is 1. The molecule has 1 heterocycles. The Morgan fingerprint density at radius 2 is 1.90 bits per heavy atom. The van der Waals surface area contributed by atoms with Crippen LogP contribution in [-0.4, -0.2) is 35.4 Å². The zero-order valence-electron chi connectivity index (χ0n) is 15.8. The van der Waals surface area contributed by atoms with E-state index in [9.17, 15) is 22.8 Å². The van der Waals surface area contributed by atoms with Crippen LogP contribution >= 0.6 is 0 Å². The molecule has 0 bridgehead atoms. The number of benzene rings is 2. The summed E-state index contributed by atoms with van der Waals surface area (Å²) in [4.78, 5) is 24.2. The van der Waals surface area contributed by atoms with Crippen molar-refractivity contribution in [1.29, 1.82) is 0 Å². The SMILES string of the molecule is COC(=O)[C@@H](Cc1cc(C(F)(F)F)c2[nH]ncc2c1)NC(=O)OCc1ccccc1. The van der Waals surface area contributed by atoms with Crippen molar-refractivity contribution in [3.05, 3.63) is 65.4 Å². The number of H-pyrrole nitrogens is 1. The maximum absolute atomic E-state index is 13.4. The maximum atomic E-state index is 13.4. The average molecular weight is 421 g/mol. The fourth-order valence-corrected chi connectivity index (χ4v) is 2.94. The second-order valence-electron chi connectivity index (χ2n) is 6.46. The smallest absolute Gasteiger partial charge is 0.418 e. The summed E-state index contributed by atoms with van der Waals surface area (Å²) >= 11 is 0. The lowest BCUT2D eigenvalue weighted by Crippen LogP contribution is -2.43. The molecule has 2 aromatic carbocycles.